The molecule has 2 aromatic rings. The second-order valence-corrected chi connectivity index (χ2v) is 9.89. The fourth-order valence-corrected chi connectivity index (χ4v) is 4.64. The molecule has 0 aliphatic carbocycles. The SMILES string of the molecule is CC(C)C(NC(=O)c1ccc(Cl)cc1)C(=O)N1CCC(C(=O)NCCc2cccs2)CC1. The molecule has 1 unspecified atom stereocenters. The van der Waals surface area contributed by atoms with Gasteiger partial charge in [-0.1, -0.05) is 31.5 Å². The molecular weight excluding hydrogens is 446 g/mol. The zero-order valence-electron chi connectivity index (χ0n) is 18.5. The van der Waals surface area contributed by atoms with Crippen molar-refractivity contribution >= 4 is 40.7 Å². The maximum atomic E-state index is 13.1. The van der Waals surface area contributed by atoms with Crippen LogP contribution in [0.4, 0.5) is 0 Å². The van der Waals surface area contributed by atoms with Crippen LogP contribution in [0.5, 0.6) is 0 Å². The number of halogens is 1. The summed E-state index contributed by atoms with van der Waals surface area (Å²) in [6.07, 6.45) is 2.10. The molecule has 2 N–H and O–H groups in total. The van der Waals surface area contributed by atoms with Crippen LogP contribution >= 0.6 is 22.9 Å². The standard InChI is InChI=1S/C24H30ClN3O3S/c1-16(2)21(27-23(30)17-5-7-19(25)8-6-17)24(31)28-13-10-18(11-14-28)22(29)26-12-9-20-4-3-15-32-20/h3-8,15-16,18,21H,9-14H2,1-2H3,(H,26,29)(H,27,30). The van der Waals surface area contributed by atoms with Gasteiger partial charge in [-0.2, -0.15) is 0 Å². The van der Waals surface area contributed by atoms with Crippen LogP contribution in [0.3, 0.4) is 0 Å². The Bertz CT molecular complexity index is 907. The summed E-state index contributed by atoms with van der Waals surface area (Å²) < 4.78 is 0. The third-order valence-electron chi connectivity index (χ3n) is 5.75. The molecule has 1 aliphatic rings. The summed E-state index contributed by atoms with van der Waals surface area (Å²) in [5.41, 5.74) is 0.464. The van der Waals surface area contributed by atoms with Crippen LogP contribution < -0.4 is 10.6 Å². The summed E-state index contributed by atoms with van der Waals surface area (Å²) in [4.78, 5) is 41.3. The first-order chi connectivity index (χ1) is 15.3. The molecule has 8 heteroatoms. The number of carbonyl (C=O) groups is 3. The first-order valence-corrected chi connectivity index (χ1v) is 12.3. The largest absolute Gasteiger partial charge is 0.355 e. The Kier molecular flexibility index (Phi) is 8.70. The molecule has 1 aliphatic heterocycles. The topological polar surface area (TPSA) is 78.5 Å². The molecule has 0 bridgehead atoms. The number of amides is 3. The third kappa shape index (κ3) is 6.56. The van der Waals surface area contributed by atoms with E-state index in [1.165, 1.54) is 4.88 Å². The van der Waals surface area contributed by atoms with Crippen molar-refractivity contribution in [3.8, 4) is 0 Å². The van der Waals surface area contributed by atoms with E-state index >= 15 is 0 Å². The van der Waals surface area contributed by atoms with Gasteiger partial charge in [0.1, 0.15) is 6.04 Å². The van der Waals surface area contributed by atoms with Gasteiger partial charge in [0.15, 0.2) is 0 Å². The van der Waals surface area contributed by atoms with Crippen LogP contribution in [0, 0.1) is 11.8 Å². The zero-order chi connectivity index (χ0) is 23.1. The smallest absolute Gasteiger partial charge is 0.251 e. The Morgan fingerprint density at radius 1 is 1.12 bits per heavy atom. The number of carbonyl (C=O) groups excluding carboxylic acids is 3. The maximum Gasteiger partial charge on any atom is 0.251 e. The van der Waals surface area contributed by atoms with Crippen molar-refractivity contribution in [3.05, 3.63) is 57.2 Å². The molecule has 1 fully saturated rings. The number of nitrogens with one attached hydrogen (secondary N) is 2. The minimum atomic E-state index is -0.616. The number of rotatable bonds is 8. The van der Waals surface area contributed by atoms with Crippen LogP contribution in [-0.4, -0.2) is 48.3 Å². The second kappa shape index (κ2) is 11.5. The van der Waals surface area contributed by atoms with Gasteiger partial charge in [-0.25, -0.2) is 0 Å². The molecular formula is C24H30ClN3O3S. The van der Waals surface area contributed by atoms with Gasteiger partial charge in [0.2, 0.25) is 11.8 Å². The van der Waals surface area contributed by atoms with Crippen molar-refractivity contribution in [3.63, 3.8) is 0 Å². The first-order valence-electron chi connectivity index (χ1n) is 11.0. The first kappa shape index (κ1) is 24.3. The van der Waals surface area contributed by atoms with Crippen LogP contribution in [0.15, 0.2) is 41.8 Å². The molecule has 0 saturated carbocycles. The van der Waals surface area contributed by atoms with E-state index in [0.717, 1.165) is 6.42 Å². The van der Waals surface area contributed by atoms with Crippen molar-refractivity contribution in [2.75, 3.05) is 19.6 Å². The van der Waals surface area contributed by atoms with Gasteiger partial charge in [-0.05, 0) is 60.9 Å². The number of hydrogen-bond donors (Lipinski definition) is 2. The Morgan fingerprint density at radius 3 is 2.41 bits per heavy atom. The molecule has 3 rings (SSSR count). The van der Waals surface area contributed by atoms with Crippen molar-refractivity contribution in [1.82, 2.24) is 15.5 Å². The molecule has 1 aromatic carbocycles. The van der Waals surface area contributed by atoms with Crippen molar-refractivity contribution < 1.29 is 14.4 Å². The molecule has 1 atom stereocenters. The number of hydrogen-bond acceptors (Lipinski definition) is 4. The summed E-state index contributed by atoms with van der Waals surface area (Å²) in [6, 6.07) is 10.0. The molecule has 0 radical (unpaired) electrons. The lowest BCUT2D eigenvalue weighted by atomic mass is 9.94. The van der Waals surface area contributed by atoms with E-state index in [2.05, 4.69) is 16.7 Å². The highest BCUT2D eigenvalue weighted by atomic mass is 35.5. The molecule has 172 valence electrons. The van der Waals surface area contributed by atoms with Gasteiger partial charge in [0.25, 0.3) is 5.91 Å². The number of piperidine rings is 1. The van der Waals surface area contributed by atoms with Crippen molar-refractivity contribution in [2.24, 2.45) is 11.8 Å². The molecule has 2 heterocycles. The maximum absolute atomic E-state index is 13.1. The van der Waals surface area contributed by atoms with E-state index in [-0.39, 0.29) is 29.6 Å². The summed E-state index contributed by atoms with van der Waals surface area (Å²) in [6.45, 7) is 5.49. The van der Waals surface area contributed by atoms with Gasteiger partial charge < -0.3 is 15.5 Å². The lowest BCUT2D eigenvalue weighted by Gasteiger charge is -2.35. The third-order valence-corrected chi connectivity index (χ3v) is 6.94. The summed E-state index contributed by atoms with van der Waals surface area (Å²) in [5, 5.41) is 8.48. The zero-order valence-corrected chi connectivity index (χ0v) is 20.0. The summed E-state index contributed by atoms with van der Waals surface area (Å²) >= 11 is 7.58. The molecule has 3 amide bonds. The van der Waals surface area contributed by atoms with Crippen molar-refractivity contribution in [1.29, 1.82) is 0 Å². The molecule has 0 spiro atoms. The minimum absolute atomic E-state index is 0.0583. The van der Waals surface area contributed by atoms with Gasteiger partial charge in [-0.15, -0.1) is 11.3 Å². The molecule has 32 heavy (non-hydrogen) atoms. The van der Waals surface area contributed by atoms with Crippen LogP contribution in [-0.2, 0) is 16.0 Å². The van der Waals surface area contributed by atoms with Crippen molar-refractivity contribution in [2.45, 2.75) is 39.2 Å². The number of benzene rings is 1. The van der Waals surface area contributed by atoms with E-state index < -0.39 is 6.04 Å². The number of likely N-dealkylation sites (tertiary alicyclic amines) is 1. The Labute approximate surface area is 198 Å². The lowest BCUT2D eigenvalue weighted by molar-refractivity contribution is -0.138. The van der Waals surface area contributed by atoms with Gasteiger partial charge in [-0.3, -0.25) is 14.4 Å². The molecule has 1 aromatic heterocycles. The fraction of sp³-hybridized carbons (Fsp3) is 0.458. The second-order valence-electron chi connectivity index (χ2n) is 8.42. The Balaban J connectivity index is 1.49. The molecule has 1 saturated heterocycles. The van der Waals surface area contributed by atoms with E-state index in [0.29, 0.717) is 43.1 Å². The van der Waals surface area contributed by atoms with Crippen LogP contribution in [0.2, 0.25) is 5.02 Å². The van der Waals surface area contributed by atoms with E-state index in [4.69, 9.17) is 11.6 Å². The highest BCUT2D eigenvalue weighted by Gasteiger charge is 2.33. The average molecular weight is 476 g/mol. The minimum Gasteiger partial charge on any atom is -0.355 e. The van der Waals surface area contributed by atoms with Crippen LogP contribution in [0.1, 0.15) is 41.9 Å². The summed E-state index contributed by atoms with van der Waals surface area (Å²) in [7, 11) is 0. The average Bonchev–Trinajstić information content (AvgIpc) is 3.30. The summed E-state index contributed by atoms with van der Waals surface area (Å²) in [5.74, 6) is -0.474. The van der Waals surface area contributed by atoms with Gasteiger partial charge in [0.05, 0.1) is 0 Å². The normalized spacial score (nSPS) is 15.4. The number of nitrogens with zero attached hydrogens (tertiary/aromatic N) is 1. The monoisotopic (exact) mass is 475 g/mol. The van der Waals surface area contributed by atoms with Gasteiger partial charge >= 0.3 is 0 Å². The highest BCUT2D eigenvalue weighted by molar-refractivity contribution is 7.09. The Hall–Kier alpha value is -2.38. The quantitative estimate of drug-likeness (QED) is 0.610. The predicted octanol–water partition coefficient (Wildman–Crippen LogP) is 3.75. The van der Waals surface area contributed by atoms with Crippen LogP contribution in [0.25, 0.3) is 0 Å². The highest BCUT2D eigenvalue weighted by Crippen LogP contribution is 2.20. The molecule has 6 nitrogen and oxygen atoms in total. The number of thiophene rings is 1. The van der Waals surface area contributed by atoms with E-state index in [1.807, 2.05) is 25.3 Å². The van der Waals surface area contributed by atoms with Gasteiger partial charge in [0, 0.05) is 41.0 Å². The van der Waals surface area contributed by atoms with E-state index in [1.54, 1.807) is 40.5 Å². The van der Waals surface area contributed by atoms with E-state index in [9.17, 15) is 14.4 Å². The Morgan fingerprint density at radius 2 is 1.81 bits per heavy atom. The lowest BCUT2D eigenvalue weighted by Crippen LogP contribution is -2.53. The fourth-order valence-electron chi connectivity index (χ4n) is 3.81. The predicted molar refractivity (Wildman–Crippen MR) is 128 cm³/mol.